The van der Waals surface area contributed by atoms with Gasteiger partial charge < -0.3 is 21.0 Å². The van der Waals surface area contributed by atoms with Crippen LogP contribution in [0.3, 0.4) is 0 Å². The Morgan fingerprint density at radius 3 is 2.33 bits per heavy atom. The highest BCUT2D eigenvalue weighted by Gasteiger charge is 2.11. The Kier molecular flexibility index (Phi) is 5.70. The average molecular weight is 437 g/mol. The first-order valence-corrected chi connectivity index (χ1v) is 10.8. The lowest BCUT2D eigenvalue weighted by Crippen LogP contribution is -2.23. The van der Waals surface area contributed by atoms with Crippen LogP contribution in [0.15, 0.2) is 72.8 Å². The standard InChI is InChI=1S/C26H24N6O/c27-16-18-8-10-20-22(13-18)31-24(29-20)15-25-30-21-11-9-19(14-23(21)32-25)26(33)28-12-4-7-17-5-2-1-3-6-17/h1-11,13-14H,12,15-16,27H2,(H,28,33)(H,29,31)(H,30,32). The number of nitrogens with zero attached hydrogens (tertiary/aromatic N) is 2. The van der Waals surface area contributed by atoms with Gasteiger partial charge in [0.05, 0.1) is 28.5 Å². The minimum atomic E-state index is -0.132. The summed E-state index contributed by atoms with van der Waals surface area (Å²) >= 11 is 0. The molecule has 5 N–H and O–H groups in total. The van der Waals surface area contributed by atoms with Crippen LogP contribution in [-0.2, 0) is 13.0 Å². The van der Waals surface area contributed by atoms with Crippen molar-refractivity contribution in [2.75, 3.05) is 6.54 Å². The topological polar surface area (TPSA) is 112 Å². The fourth-order valence-electron chi connectivity index (χ4n) is 3.77. The summed E-state index contributed by atoms with van der Waals surface area (Å²) in [5.74, 6) is 1.47. The largest absolute Gasteiger partial charge is 0.349 e. The van der Waals surface area contributed by atoms with Crippen molar-refractivity contribution in [2.24, 2.45) is 5.73 Å². The average Bonchev–Trinajstić information content (AvgIpc) is 3.44. The molecule has 3 aromatic carbocycles. The van der Waals surface area contributed by atoms with Gasteiger partial charge in [0.15, 0.2) is 0 Å². The first-order chi connectivity index (χ1) is 16.2. The number of nitrogens with one attached hydrogen (secondary N) is 3. The van der Waals surface area contributed by atoms with E-state index in [1.807, 2.05) is 66.7 Å². The van der Waals surface area contributed by atoms with Crippen molar-refractivity contribution in [3.8, 4) is 0 Å². The second-order valence-corrected chi connectivity index (χ2v) is 7.85. The van der Waals surface area contributed by atoms with Crippen LogP contribution in [-0.4, -0.2) is 32.4 Å². The van der Waals surface area contributed by atoms with E-state index < -0.39 is 0 Å². The molecule has 2 aromatic heterocycles. The molecule has 2 heterocycles. The number of rotatable bonds is 7. The molecule has 0 bridgehead atoms. The van der Waals surface area contributed by atoms with Gasteiger partial charge in [-0.05, 0) is 41.5 Å². The maximum atomic E-state index is 12.5. The summed E-state index contributed by atoms with van der Waals surface area (Å²) in [6, 6.07) is 21.4. The Labute approximate surface area is 190 Å². The number of aromatic nitrogens is 4. The van der Waals surface area contributed by atoms with Gasteiger partial charge in [0.1, 0.15) is 11.6 Å². The van der Waals surface area contributed by atoms with Crippen LogP contribution < -0.4 is 11.1 Å². The highest BCUT2D eigenvalue weighted by Crippen LogP contribution is 2.18. The Hall–Kier alpha value is -4.23. The summed E-state index contributed by atoms with van der Waals surface area (Å²) in [6.07, 6.45) is 4.45. The van der Waals surface area contributed by atoms with E-state index in [2.05, 4.69) is 25.3 Å². The Morgan fingerprint density at radius 2 is 1.61 bits per heavy atom. The monoisotopic (exact) mass is 436 g/mol. The number of amides is 1. The SMILES string of the molecule is NCc1ccc2[nH]c(Cc3nc4cc(C(=O)NCC=Cc5ccccc5)ccc4[nH]3)nc2c1. The number of fused-ring (bicyclic) bond motifs is 2. The fraction of sp³-hybridized carbons (Fsp3) is 0.115. The third kappa shape index (κ3) is 4.68. The molecule has 1 amide bonds. The molecular weight excluding hydrogens is 412 g/mol. The number of nitrogens with two attached hydrogens (primary N) is 1. The van der Waals surface area contributed by atoms with Gasteiger partial charge in [0.2, 0.25) is 0 Å². The van der Waals surface area contributed by atoms with Crippen LogP contribution in [0, 0.1) is 0 Å². The maximum Gasteiger partial charge on any atom is 0.251 e. The smallest absolute Gasteiger partial charge is 0.251 e. The van der Waals surface area contributed by atoms with Crippen LogP contribution in [0.1, 0.15) is 33.1 Å². The number of hydrogen-bond donors (Lipinski definition) is 4. The normalized spacial score (nSPS) is 11.5. The van der Waals surface area contributed by atoms with E-state index in [-0.39, 0.29) is 5.91 Å². The fourth-order valence-corrected chi connectivity index (χ4v) is 3.77. The van der Waals surface area contributed by atoms with Gasteiger partial charge in [-0.1, -0.05) is 48.6 Å². The lowest BCUT2D eigenvalue weighted by atomic mass is 10.2. The van der Waals surface area contributed by atoms with E-state index in [1.165, 1.54) is 0 Å². The zero-order valence-corrected chi connectivity index (χ0v) is 18.0. The van der Waals surface area contributed by atoms with Gasteiger partial charge in [0, 0.05) is 18.7 Å². The molecule has 0 aliphatic rings. The van der Waals surface area contributed by atoms with E-state index >= 15 is 0 Å². The molecule has 0 radical (unpaired) electrons. The molecule has 0 unspecified atom stereocenters. The first-order valence-electron chi connectivity index (χ1n) is 10.8. The first kappa shape index (κ1) is 20.7. The van der Waals surface area contributed by atoms with Crippen molar-refractivity contribution in [2.45, 2.75) is 13.0 Å². The molecule has 7 nitrogen and oxygen atoms in total. The molecule has 0 aliphatic carbocycles. The molecule has 5 aromatic rings. The van der Waals surface area contributed by atoms with Crippen LogP contribution in [0.4, 0.5) is 0 Å². The molecule has 0 saturated heterocycles. The molecule has 0 saturated carbocycles. The van der Waals surface area contributed by atoms with E-state index in [4.69, 9.17) is 5.73 Å². The molecule has 7 heteroatoms. The number of carbonyl (C=O) groups excluding carboxylic acids is 1. The molecule has 33 heavy (non-hydrogen) atoms. The minimum absolute atomic E-state index is 0.132. The van der Waals surface area contributed by atoms with Gasteiger partial charge in [0.25, 0.3) is 5.91 Å². The second kappa shape index (κ2) is 9.10. The molecule has 0 atom stereocenters. The van der Waals surface area contributed by atoms with Crippen LogP contribution in [0.5, 0.6) is 0 Å². The summed E-state index contributed by atoms with van der Waals surface area (Å²) in [6.45, 7) is 0.941. The summed E-state index contributed by atoms with van der Waals surface area (Å²) in [5.41, 5.74) is 11.9. The van der Waals surface area contributed by atoms with Gasteiger partial charge in [-0.25, -0.2) is 9.97 Å². The van der Waals surface area contributed by atoms with Crippen molar-refractivity contribution in [3.63, 3.8) is 0 Å². The van der Waals surface area contributed by atoms with Crippen molar-refractivity contribution >= 4 is 34.1 Å². The number of hydrogen-bond acceptors (Lipinski definition) is 4. The van der Waals surface area contributed by atoms with Crippen molar-refractivity contribution in [1.82, 2.24) is 25.3 Å². The number of benzene rings is 3. The van der Waals surface area contributed by atoms with Crippen LogP contribution in [0.25, 0.3) is 28.1 Å². The van der Waals surface area contributed by atoms with E-state index in [1.54, 1.807) is 12.1 Å². The van der Waals surface area contributed by atoms with E-state index in [0.29, 0.717) is 25.1 Å². The third-order valence-electron chi connectivity index (χ3n) is 5.45. The molecule has 0 spiro atoms. The van der Waals surface area contributed by atoms with Crippen LogP contribution >= 0.6 is 0 Å². The van der Waals surface area contributed by atoms with Gasteiger partial charge >= 0.3 is 0 Å². The number of carbonyl (C=O) groups is 1. The molecule has 0 fully saturated rings. The summed E-state index contributed by atoms with van der Waals surface area (Å²) in [7, 11) is 0. The van der Waals surface area contributed by atoms with Crippen molar-refractivity contribution in [1.29, 1.82) is 0 Å². The zero-order chi connectivity index (χ0) is 22.6. The second-order valence-electron chi connectivity index (χ2n) is 7.85. The van der Waals surface area contributed by atoms with Gasteiger partial charge in [-0.3, -0.25) is 4.79 Å². The molecule has 5 rings (SSSR count). The third-order valence-corrected chi connectivity index (χ3v) is 5.45. The molecule has 164 valence electrons. The van der Waals surface area contributed by atoms with Crippen molar-refractivity contribution < 1.29 is 4.79 Å². The molecular formula is C26H24N6O. The number of H-pyrrole nitrogens is 2. The van der Waals surface area contributed by atoms with Gasteiger partial charge in [-0.15, -0.1) is 0 Å². The summed E-state index contributed by atoms with van der Waals surface area (Å²) in [5, 5.41) is 2.92. The summed E-state index contributed by atoms with van der Waals surface area (Å²) in [4.78, 5) is 28.5. The predicted octanol–water partition coefficient (Wildman–Crippen LogP) is 3.93. The Balaban J connectivity index is 1.26. The van der Waals surface area contributed by atoms with Crippen LogP contribution in [0.2, 0.25) is 0 Å². The predicted molar refractivity (Wildman–Crippen MR) is 131 cm³/mol. The Bertz CT molecular complexity index is 1450. The minimum Gasteiger partial charge on any atom is -0.349 e. The number of imidazole rings is 2. The highest BCUT2D eigenvalue weighted by molar-refractivity contribution is 5.97. The highest BCUT2D eigenvalue weighted by atomic mass is 16.1. The number of aromatic amines is 2. The quantitative estimate of drug-likeness (QED) is 0.310. The molecule has 0 aliphatic heterocycles. The van der Waals surface area contributed by atoms with Gasteiger partial charge in [-0.2, -0.15) is 0 Å². The summed E-state index contributed by atoms with van der Waals surface area (Å²) < 4.78 is 0. The van der Waals surface area contributed by atoms with E-state index in [9.17, 15) is 4.79 Å². The lowest BCUT2D eigenvalue weighted by molar-refractivity contribution is 0.0958. The maximum absolute atomic E-state index is 12.5. The Morgan fingerprint density at radius 1 is 0.909 bits per heavy atom. The van der Waals surface area contributed by atoms with E-state index in [0.717, 1.165) is 44.8 Å². The van der Waals surface area contributed by atoms with Crippen molar-refractivity contribution in [3.05, 3.63) is 101 Å². The zero-order valence-electron chi connectivity index (χ0n) is 18.0. The lowest BCUT2D eigenvalue weighted by Gasteiger charge is -2.02.